The quantitative estimate of drug-likeness (QED) is 0.648. The molecular weight excluding hydrogens is 479 g/mol. The zero-order valence-electron chi connectivity index (χ0n) is 19.8. The molecule has 2 aromatic rings. The van der Waals surface area contributed by atoms with Gasteiger partial charge in [0.1, 0.15) is 11.9 Å². The summed E-state index contributed by atoms with van der Waals surface area (Å²) in [6.07, 6.45) is 2.60. The van der Waals surface area contributed by atoms with Crippen molar-refractivity contribution in [3.05, 3.63) is 53.1 Å². The second-order valence-corrected chi connectivity index (χ2v) is 12.3. The highest BCUT2D eigenvalue weighted by molar-refractivity contribution is 7.88. The molecule has 4 fully saturated rings. The SMILES string of the molecule is Cc1cc(-c2cccc(C[C@H]3[C@@H](NS(C)(=O)=O)C(F)(F)CN3C(=O)C34CC(C3)C4)c2F)cc(C)n1. The van der Waals surface area contributed by atoms with Gasteiger partial charge in [-0.15, -0.1) is 0 Å². The predicted molar refractivity (Wildman–Crippen MR) is 125 cm³/mol. The van der Waals surface area contributed by atoms with Crippen LogP contribution in [-0.4, -0.2) is 55.0 Å². The van der Waals surface area contributed by atoms with Crippen molar-refractivity contribution in [1.82, 2.24) is 14.6 Å². The van der Waals surface area contributed by atoms with E-state index in [1.165, 1.54) is 6.07 Å². The van der Waals surface area contributed by atoms with Gasteiger partial charge in [0.25, 0.3) is 5.92 Å². The lowest BCUT2D eigenvalue weighted by Crippen LogP contribution is -2.62. The van der Waals surface area contributed by atoms with Crippen LogP contribution in [0.15, 0.2) is 30.3 Å². The van der Waals surface area contributed by atoms with Crippen molar-refractivity contribution in [3.63, 3.8) is 0 Å². The minimum Gasteiger partial charge on any atom is -0.331 e. The van der Waals surface area contributed by atoms with Gasteiger partial charge in [-0.05, 0) is 68.7 Å². The molecule has 1 aliphatic heterocycles. The number of likely N-dealkylation sites (tertiary alicyclic amines) is 1. The maximum Gasteiger partial charge on any atom is 0.283 e. The lowest BCUT2D eigenvalue weighted by atomic mass is 9.44. The van der Waals surface area contributed by atoms with Crippen LogP contribution in [0, 0.1) is 31.0 Å². The van der Waals surface area contributed by atoms with E-state index in [-0.39, 0.29) is 17.9 Å². The van der Waals surface area contributed by atoms with Crippen molar-refractivity contribution in [1.29, 1.82) is 0 Å². The van der Waals surface area contributed by atoms with Crippen LogP contribution in [0.25, 0.3) is 11.1 Å². The molecule has 2 atom stereocenters. The predicted octanol–water partition coefficient (Wildman–Crippen LogP) is 3.61. The highest BCUT2D eigenvalue weighted by Crippen LogP contribution is 2.65. The molecule has 10 heteroatoms. The van der Waals surface area contributed by atoms with Crippen LogP contribution in [0.5, 0.6) is 0 Å². The first kappa shape index (κ1) is 24.2. The molecule has 0 radical (unpaired) electrons. The van der Waals surface area contributed by atoms with Gasteiger partial charge >= 0.3 is 0 Å². The number of nitrogens with one attached hydrogen (secondary N) is 1. The van der Waals surface area contributed by atoms with Crippen LogP contribution in [0.1, 0.15) is 36.2 Å². The number of aryl methyl sites for hydroxylation is 2. The fourth-order valence-electron chi connectivity index (χ4n) is 5.97. The number of aromatic nitrogens is 1. The second kappa shape index (κ2) is 8.03. The number of nitrogens with zero attached hydrogens (tertiary/aromatic N) is 2. The van der Waals surface area contributed by atoms with E-state index in [0.717, 1.165) is 11.2 Å². The largest absolute Gasteiger partial charge is 0.331 e. The number of benzene rings is 1. The van der Waals surface area contributed by atoms with Crippen molar-refractivity contribution in [2.45, 2.75) is 57.5 Å². The van der Waals surface area contributed by atoms with Gasteiger partial charge in [0.2, 0.25) is 15.9 Å². The van der Waals surface area contributed by atoms with Crippen LogP contribution < -0.4 is 4.72 Å². The van der Waals surface area contributed by atoms with Gasteiger partial charge in [0.15, 0.2) is 0 Å². The third-order valence-electron chi connectivity index (χ3n) is 7.62. The minimum atomic E-state index is -4.01. The molecule has 1 aromatic carbocycles. The average molecular weight is 508 g/mol. The Kier molecular flexibility index (Phi) is 5.56. The molecule has 188 valence electrons. The number of rotatable bonds is 6. The van der Waals surface area contributed by atoms with E-state index in [1.807, 2.05) is 4.72 Å². The van der Waals surface area contributed by atoms with E-state index in [0.29, 0.717) is 47.7 Å². The summed E-state index contributed by atoms with van der Waals surface area (Å²) in [6.45, 7) is 2.71. The normalized spacial score (nSPS) is 29.0. The Morgan fingerprint density at radius 3 is 2.34 bits per heavy atom. The molecule has 1 amide bonds. The molecule has 1 N–H and O–H groups in total. The standard InChI is InChI=1S/C25H28F3N3O3S/c1-14-7-18(8-15(2)29-14)19-6-4-5-17(21(19)26)9-20-22(30-35(3,33)34)25(27,28)13-31(20)23(32)24-10-16(11-24)12-24/h4-8,16,20,22,30H,9-13H2,1-3H3/t16?,20-,22+,24?/m0/s1. The third kappa shape index (κ3) is 4.24. The van der Waals surface area contributed by atoms with Crippen molar-refractivity contribution >= 4 is 15.9 Å². The minimum absolute atomic E-state index is 0.146. The van der Waals surface area contributed by atoms with Gasteiger partial charge in [-0.25, -0.2) is 26.3 Å². The molecule has 6 rings (SSSR count). The van der Waals surface area contributed by atoms with Crippen molar-refractivity contribution in [2.24, 2.45) is 11.3 Å². The van der Waals surface area contributed by atoms with E-state index in [1.54, 1.807) is 38.1 Å². The van der Waals surface area contributed by atoms with Crippen LogP contribution >= 0.6 is 0 Å². The number of hydrogen-bond acceptors (Lipinski definition) is 4. The van der Waals surface area contributed by atoms with Gasteiger partial charge in [-0.2, -0.15) is 0 Å². The Bertz CT molecular complexity index is 1280. The lowest BCUT2D eigenvalue weighted by molar-refractivity contribution is -0.178. The molecule has 6 nitrogen and oxygen atoms in total. The van der Waals surface area contributed by atoms with Crippen LogP contribution in [-0.2, 0) is 21.2 Å². The average Bonchev–Trinajstić information content (AvgIpc) is 2.89. The summed E-state index contributed by atoms with van der Waals surface area (Å²) in [7, 11) is -4.01. The topological polar surface area (TPSA) is 79.4 Å². The molecule has 2 heterocycles. The molecule has 3 saturated carbocycles. The smallest absolute Gasteiger partial charge is 0.283 e. The monoisotopic (exact) mass is 507 g/mol. The molecule has 35 heavy (non-hydrogen) atoms. The van der Waals surface area contributed by atoms with Crippen LogP contribution in [0.2, 0.25) is 0 Å². The molecular formula is C25H28F3N3O3S. The maximum absolute atomic E-state index is 15.7. The number of hydrogen-bond donors (Lipinski definition) is 1. The summed E-state index contributed by atoms with van der Waals surface area (Å²) in [6, 6.07) is 5.16. The number of carbonyl (C=O) groups excluding carboxylic acids is 1. The Hall–Kier alpha value is -2.46. The zero-order valence-corrected chi connectivity index (χ0v) is 20.6. The summed E-state index contributed by atoms with van der Waals surface area (Å²) in [4.78, 5) is 18.8. The highest BCUT2D eigenvalue weighted by atomic mass is 32.2. The Morgan fingerprint density at radius 1 is 1.17 bits per heavy atom. The van der Waals surface area contributed by atoms with Gasteiger partial charge in [0, 0.05) is 17.0 Å². The molecule has 3 aliphatic carbocycles. The Morgan fingerprint density at radius 2 is 1.80 bits per heavy atom. The Labute approximate surface area is 203 Å². The summed E-state index contributed by atoms with van der Waals surface area (Å²) in [5.74, 6) is -3.98. The molecule has 2 bridgehead atoms. The summed E-state index contributed by atoms with van der Waals surface area (Å²) < 4.78 is 72.0. The first-order chi connectivity index (χ1) is 16.3. The van der Waals surface area contributed by atoms with Crippen molar-refractivity contribution in [2.75, 3.05) is 12.8 Å². The van der Waals surface area contributed by atoms with E-state index in [9.17, 15) is 13.2 Å². The number of carbonyl (C=O) groups is 1. The summed E-state index contributed by atoms with van der Waals surface area (Å²) >= 11 is 0. The summed E-state index contributed by atoms with van der Waals surface area (Å²) in [5.41, 5.74) is 1.87. The van der Waals surface area contributed by atoms with E-state index in [4.69, 9.17) is 0 Å². The van der Waals surface area contributed by atoms with Crippen LogP contribution in [0.4, 0.5) is 13.2 Å². The molecule has 1 aromatic heterocycles. The molecule has 0 unspecified atom stereocenters. The first-order valence-electron chi connectivity index (χ1n) is 11.7. The van der Waals surface area contributed by atoms with Crippen molar-refractivity contribution < 1.29 is 26.4 Å². The van der Waals surface area contributed by atoms with E-state index >= 15 is 13.2 Å². The third-order valence-corrected chi connectivity index (χ3v) is 8.30. The number of halogens is 3. The maximum atomic E-state index is 15.7. The van der Waals surface area contributed by atoms with Crippen molar-refractivity contribution in [3.8, 4) is 11.1 Å². The highest BCUT2D eigenvalue weighted by Gasteiger charge is 2.66. The first-order valence-corrected chi connectivity index (χ1v) is 13.6. The molecule has 4 aliphatic rings. The zero-order chi connectivity index (χ0) is 25.3. The van der Waals surface area contributed by atoms with Gasteiger partial charge < -0.3 is 4.90 Å². The number of alkyl halides is 2. The number of amides is 1. The second-order valence-electron chi connectivity index (χ2n) is 10.5. The molecule has 0 spiro atoms. The van der Waals surface area contributed by atoms with E-state index in [2.05, 4.69) is 4.98 Å². The summed E-state index contributed by atoms with van der Waals surface area (Å²) in [5, 5.41) is 0. The van der Waals surface area contributed by atoms with Crippen LogP contribution in [0.3, 0.4) is 0 Å². The van der Waals surface area contributed by atoms with Gasteiger partial charge in [-0.3, -0.25) is 9.78 Å². The lowest BCUT2D eigenvalue weighted by Gasteiger charge is -2.61. The van der Waals surface area contributed by atoms with Gasteiger partial charge in [-0.1, -0.05) is 18.2 Å². The fourth-order valence-corrected chi connectivity index (χ4v) is 6.76. The Balaban J connectivity index is 1.52. The van der Waals surface area contributed by atoms with Gasteiger partial charge in [0.05, 0.1) is 24.3 Å². The number of pyridine rings is 1. The van der Waals surface area contributed by atoms with E-state index < -0.39 is 45.8 Å². The molecule has 1 saturated heterocycles. The number of sulfonamides is 1. The fraction of sp³-hybridized carbons (Fsp3) is 0.520.